The molecule has 0 bridgehead atoms. The van der Waals surface area contributed by atoms with Crippen molar-refractivity contribution in [3.63, 3.8) is 0 Å². The van der Waals surface area contributed by atoms with Gasteiger partial charge in [0, 0.05) is 10.9 Å². The molecule has 98 valence electrons. The summed E-state index contributed by atoms with van der Waals surface area (Å²) in [5.74, 6) is -0.180. The fourth-order valence-electron chi connectivity index (χ4n) is 2.16. The zero-order chi connectivity index (χ0) is 12.8. The molecule has 1 aliphatic carbocycles. The van der Waals surface area contributed by atoms with Crippen LogP contribution in [0.25, 0.3) is 0 Å². The van der Waals surface area contributed by atoms with Crippen LogP contribution in [0.2, 0.25) is 0 Å². The lowest BCUT2D eigenvalue weighted by Gasteiger charge is -2.12. The van der Waals surface area contributed by atoms with Crippen LogP contribution in [0.15, 0.2) is 17.5 Å². The van der Waals surface area contributed by atoms with Gasteiger partial charge >= 0.3 is 0 Å². The van der Waals surface area contributed by atoms with Crippen LogP contribution in [0.1, 0.15) is 30.6 Å². The maximum absolute atomic E-state index is 11.6. The van der Waals surface area contributed by atoms with Crippen LogP contribution < -0.4 is 10.6 Å². The number of hydrogen-bond acceptors (Lipinski definition) is 3. The molecule has 0 unspecified atom stereocenters. The van der Waals surface area contributed by atoms with Gasteiger partial charge in [-0.2, -0.15) is 0 Å². The molecule has 1 fully saturated rings. The Kier molecular flexibility index (Phi) is 4.75. The Hall–Kier alpha value is -1.36. The second-order valence-corrected chi connectivity index (χ2v) is 5.61. The molecule has 2 N–H and O–H groups in total. The number of thiophene rings is 1. The number of amides is 2. The molecule has 0 saturated heterocycles. The summed E-state index contributed by atoms with van der Waals surface area (Å²) in [6.07, 6.45) is 4.86. The molecule has 2 amide bonds. The molecule has 18 heavy (non-hydrogen) atoms. The van der Waals surface area contributed by atoms with E-state index in [9.17, 15) is 9.59 Å². The molecule has 1 heterocycles. The summed E-state index contributed by atoms with van der Waals surface area (Å²) in [5.41, 5.74) is 0. The summed E-state index contributed by atoms with van der Waals surface area (Å²) in [7, 11) is 0. The molecule has 0 spiro atoms. The van der Waals surface area contributed by atoms with Crippen LogP contribution in [-0.4, -0.2) is 24.4 Å². The van der Waals surface area contributed by atoms with Crippen LogP contribution in [-0.2, 0) is 16.0 Å². The molecule has 0 radical (unpaired) electrons. The minimum Gasteiger partial charge on any atom is -0.352 e. The van der Waals surface area contributed by atoms with Crippen molar-refractivity contribution in [3.05, 3.63) is 22.4 Å². The monoisotopic (exact) mass is 266 g/mol. The SMILES string of the molecule is O=C(Cc1cccs1)NCC(=O)NC1CCCC1. The Balaban J connectivity index is 1.64. The number of nitrogens with one attached hydrogen (secondary N) is 2. The summed E-state index contributed by atoms with van der Waals surface area (Å²) in [5, 5.41) is 7.53. The first kappa shape index (κ1) is 13.1. The Morgan fingerprint density at radius 2 is 2.06 bits per heavy atom. The van der Waals surface area contributed by atoms with E-state index in [0.717, 1.165) is 17.7 Å². The average Bonchev–Trinajstić information content (AvgIpc) is 2.99. The Morgan fingerprint density at radius 3 is 2.72 bits per heavy atom. The first-order valence-electron chi connectivity index (χ1n) is 6.32. The van der Waals surface area contributed by atoms with Gasteiger partial charge < -0.3 is 10.6 Å². The highest BCUT2D eigenvalue weighted by molar-refractivity contribution is 7.10. The van der Waals surface area contributed by atoms with E-state index in [0.29, 0.717) is 12.5 Å². The predicted octanol–water partition coefficient (Wildman–Crippen LogP) is 1.47. The predicted molar refractivity (Wildman–Crippen MR) is 71.4 cm³/mol. The largest absolute Gasteiger partial charge is 0.352 e. The van der Waals surface area contributed by atoms with Crippen molar-refractivity contribution in [1.29, 1.82) is 0 Å². The second kappa shape index (κ2) is 6.54. The van der Waals surface area contributed by atoms with E-state index in [1.54, 1.807) is 11.3 Å². The lowest BCUT2D eigenvalue weighted by molar-refractivity contribution is -0.126. The minimum atomic E-state index is -0.0981. The van der Waals surface area contributed by atoms with Gasteiger partial charge in [0.15, 0.2) is 0 Å². The van der Waals surface area contributed by atoms with Gasteiger partial charge in [0.2, 0.25) is 11.8 Å². The van der Waals surface area contributed by atoms with Gasteiger partial charge in [0.05, 0.1) is 13.0 Å². The molecule has 5 heteroatoms. The summed E-state index contributed by atoms with van der Waals surface area (Å²) in [4.78, 5) is 24.2. The molecule has 1 saturated carbocycles. The van der Waals surface area contributed by atoms with Gasteiger partial charge in [-0.3, -0.25) is 9.59 Å². The topological polar surface area (TPSA) is 58.2 Å². The number of carbonyl (C=O) groups is 2. The van der Waals surface area contributed by atoms with Crippen LogP contribution in [0.3, 0.4) is 0 Å². The Bertz CT molecular complexity index is 397. The summed E-state index contributed by atoms with van der Waals surface area (Å²) < 4.78 is 0. The molecular weight excluding hydrogens is 248 g/mol. The van der Waals surface area contributed by atoms with Gasteiger partial charge in [-0.05, 0) is 24.3 Å². The van der Waals surface area contributed by atoms with E-state index in [2.05, 4.69) is 10.6 Å². The van der Waals surface area contributed by atoms with E-state index >= 15 is 0 Å². The minimum absolute atomic E-state index is 0.0820. The number of hydrogen-bond donors (Lipinski definition) is 2. The molecule has 2 rings (SSSR count). The lowest BCUT2D eigenvalue weighted by atomic mass is 10.2. The van der Waals surface area contributed by atoms with Crippen molar-refractivity contribution in [2.75, 3.05) is 6.54 Å². The fourth-order valence-corrected chi connectivity index (χ4v) is 2.87. The Morgan fingerprint density at radius 1 is 1.28 bits per heavy atom. The number of rotatable bonds is 5. The van der Waals surface area contributed by atoms with Crippen LogP contribution in [0, 0.1) is 0 Å². The van der Waals surface area contributed by atoms with Gasteiger partial charge in [0.25, 0.3) is 0 Å². The highest BCUT2D eigenvalue weighted by Crippen LogP contribution is 2.17. The Labute approximate surface area is 111 Å². The molecule has 4 nitrogen and oxygen atoms in total. The summed E-state index contributed by atoms with van der Waals surface area (Å²) in [6.45, 7) is 0.0840. The maximum Gasteiger partial charge on any atom is 0.239 e. The van der Waals surface area contributed by atoms with Crippen LogP contribution >= 0.6 is 11.3 Å². The van der Waals surface area contributed by atoms with Crippen molar-refractivity contribution in [2.24, 2.45) is 0 Å². The highest BCUT2D eigenvalue weighted by Gasteiger charge is 2.17. The van der Waals surface area contributed by atoms with E-state index in [-0.39, 0.29) is 18.4 Å². The highest BCUT2D eigenvalue weighted by atomic mass is 32.1. The van der Waals surface area contributed by atoms with Crippen molar-refractivity contribution >= 4 is 23.2 Å². The lowest BCUT2D eigenvalue weighted by Crippen LogP contribution is -2.41. The van der Waals surface area contributed by atoms with E-state index in [1.165, 1.54) is 12.8 Å². The standard InChI is InChI=1S/C13H18N2O2S/c16-12(8-11-6-3-7-18-11)14-9-13(17)15-10-4-1-2-5-10/h3,6-7,10H,1-2,4-5,8-9H2,(H,14,16)(H,15,17). The quantitative estimate of drug-likeness (QED) is 0.848. The van der Waals surface area contributed by atoms with Crippen molar-refractivity contribution in [2.45, 2.75) is 38.1 Å². The maximum atomic E-state index is 11.6. The molecule has 0 aliphatic heterocycles. The molecule has 1 aromatic heterocycles. The zero-order valence-corrected chi connectivity index (χ0v) is 11.1. The normalized spacial score (nSPS) is 15.6. The third-order valence-corrected chi connectivity index (χ3v) is 3.96. The molecule has 0 atom stereocenters. The van der Waals surface area contributed by atoms with E-state index < -0.39 is 0 Å². The summed E-state index contributed by atoms with van der Waals surface area (Å²) >= 11 is 1.55. The van der Waals surface area contributed by atoms with Gasteiger partial charge in [-0.1, -0.05) is 18.9 Å². The third-order valence-electron chi connectivity index (χ3n) is 3.08. The van der Waals surface area contributed by atoms with Crippen molar-refractivity contribution in [3.8, 4) is 0 Å². The smallest absolute Gasteiger partial charge is 0.239 e. The summed E-state index contributed by atoms with van der Waals surface area (Å²) in [6, 6.07) is 4.15. The van der Waals surface area contributed by atoms with E-state index in [4.69, 9.17) is 0 Å². The zero-order valence-electron chi connectivity index (χ0n) is 10.3. The molecule has 0 aromatic carbocycles. The van der Waals surface area contributed by atoms with Gasteiger partial charge in [-0.25, -0.2) is 0 Å². The molecule has 1 aliphatic rings. The van der Waals surface area contributed by atoms with Gasteiger partial charge in [-0.15, -0.1) is 11.3 Å². The van der Waals surface area contributed by atoms with E-state index in [1.807, 2.05) is 17.5 Å². The fraction of sp³-hybridized carbons (Fsp3) is 0.538. The van der Waals surface area contributed by atoms with Crippen molar-refractivity contribution < 1.29 is 9.59 Å². The first-order chi connectivity index (χ1) is 8.74. The second-order valence-electron chi connectivity index (χ2n) is 4.58. The third kappa shape index (κ3) is 4.14. The average molecular weight is 266 g/mol. The molecular formula is C13H18N2O2S. The van der Waals surface area contributed by atoms with Gasteiger partial charge in [0.1, 0.15) is 0 Å². The number of carbonyl (C=O) groups excluding carboxylic acids is 2. The van der Waals surface area contributed by atoms with Crippen molar-refractivity contribution in [1.82, 2.24) is 10.6 Å². The molecule has 1 aromatic rings. The van der Waals surface area contributed by atoms with Crippen LogP contribution in [0.4, 0.5) is 0 Å². The van der Waals surface area contributed by atoms with Crippen LogP contribution in [0.5, 0.6) is 0 Å². The first-order valence-corrected chi connectivity index (χ1v) is 7.20.